The number of benzene rings is 1. The van der Waals surface area contributed by atoms with Crippen LogP contribution < -0.4 is 66.7 Å². The number of likely N-dealkylation sites (tertiary alicyclic amines) is 3. The lowest BCUT2D eigenvalue weighted by atomic mass is 9.84. The molecule has 7 rings (SSSR count). The zero-order valence-corrected chi connectivity index (χ0v) is 52.3. The Labute approximate surface area is 536 Å². The normalized spacial score (nSPS) is 22.4. The SMILES string of the molecule is NC(N)=NCCCC(NC(=O)[C@H](N)CCCN=C(N)N)C(=O)N1CCCC1C(=O)N1C[C@H](O)CC1C(=O)NCC(=O)N[C@@H](Cc1cccs1)C(=O)NC(CO)C(=O)N1Cc2ccccc2CC1C(=O)N1C(C(=O)N[C@@H](CCCN=C(N)N)C(=O)O)C[C@@H]2CCCC[C@@H]21. The van der Waals surface area contributed by atoms with E-state index in [1.54, 1.807) is 35.7 Å². The maximum Gasteiger partial charge on any atom is 0.326 e. The number of nitrogens with one attached hydrogen (secondary N) is 5. The fraction of sp³-hybridized carbons (Fsp3) is 0.610. The Hall–Kier alpha value is -8.69. The summed E-state index contributed by atoms with van der Waals surface area (Å²) >= 11 is 1.27. The molecule has 4 aliphatic heterocycles. The maximum absolute atomic E-state index is 15.3. The molecule has 504 valence electrons. The smallest absolute Gasteiger partial charge is 0.326 e. The zero-order valence-electron chi connectivity index (χ0n) is 51.4. The Bertz CT molecular complexity index is 3050. The number of nitrogens with zero attached hydrogens (tertiary/aromatic N) is 7. The highest BCUT2D eigenvalue weighted by atomic mass is 32.1. The van der Waals surface area contributed by atoms with Gasteiger partial charge >= 0.3 is 5.97 Å². The van der Waals surface area contributed by atoms with Crippen molar-refractivity contribution >= 4 is 88.3 Å². The predicted molar refractivity (Wildman–Crippen MR) is 338 cm³/mol. The number of hydrogen-bond acceptors (Lipinski definition) is 17. The monoisotopic (exact) mass is 1300 g/mol. The second kappa shape index (κ2) is 33.6. The van der Waals surface area contributed by atoms with Gasteiger partial charge in [0.15, 0.2) is 17.9 Å². The van der Waals surface area contributed by atoms with Gasteiger partial charge in [0.2, 0.25) is 53.2 Å². The Kier molecular flexibility index (Phi) is 25.8. The largest absolute Gasteiger partial charge is 0.480 e. The van der Waals surface area contributed by atoms with Gasteiger partial charge in [-0.15, -0.1) is 11.3 Å². The number of aliphatic imine (C=N–C) groups is 3. The van der Waals surface area contributed by atoms with Crippen molar-refractivity contribution in [2.24, 2.45) is 61.0 Å². The minimum Gasteiger partial charge on any atom is -0.480 e. The molecule has 5 aliphatic rings. The molecular formula is C59H89N19O13S. The first-order valence-corrected chi connectivity index (χ1v) is 32.1. The van der Waals surface area contributed by atoms with Gasteiger partial charge in [0.05, 0.1) is 25.3 Å². The third-order valence-electron chi connectivity index (χ3n) is 17.4. The van der Waals surface area contributed by atoms with Crippen LogP contribution in [0.15, 0.2) is 56.8 Å². The highest BCUT2D eigenvalue weighted by molar-refractivity contribution is 7.09. The van der Waals surface area contributed by atoms with Gasteiger partial charge in [-0.05, 0) is 99.1 Å². The molecule has 2 aromatic rings. The van der Waals surface area contributed by atoms with Gasteiger partial charge in [-0.1, -0.05) is 43.2 Å². The fourth-order valence-electron chi connectivity index (χ4n) is 12.9. The van der Waals surface area contributed by atoms with E-state index >= 15 is 4.79 Å². The Balaban J connectivity index is 1.02. The topological polar surface area (TPSA) is 524 Å². The average molecular weight is 1300 g/mol. The number of guanidine groups is 3. The summed E-state index contributed by atoms with van der Waals surface area (Å²) in [5, 5.41) is 46.8. The van der Waals surface area contributed by atoms with Gasteiger partial charge in [0.25, 0.3) is 0 Å². The third kappa shape index (κ3) is 19.0. The van der Waals surface area contributed by atoms with Crippen LogP contribution in [0.1, 0.15) is 106 Å². The van der Waals surface area contributed by atoms with E-state index in [0.717, 1.165) is 29.7 Å². The fourth-order valence-corrected chi connectivity index (χ4v) is 13.6. The summed E-state index contributed by atoms with van der Waals surface area (Å²) in [5.41, 5.74) is 40.3. The summed E-state index contributed by atoms with van der Waals surface area (Å²) in [6.45, 7) is -1.46. The molecule has 33 heteroatoms. The summed E-state index contributed by atoms with van der Waals surface area (Å²) in [5.74, 6) is -8.33. The number of aliphatic carboxylic acids is 1. The van der Waals surface area contributed by atoms with Gasteiger partial charge in [-0.2, -0.15) is 0 Å². The molecule has 0 spiro atoms. The van der Waals surface area contributed by atoms with E-state index in [1.165, 1.54) is 26.0 Å². The summed E-state index contributed by atoms with van der Waals surface area (Å²) in [6.07, 6.45) is 3.42. The molecule has 5 heterocycles. The van der Waals surface area contributed by atoms with Crippen molar-refractivity contribution in [3.63, 3.8) is 0 Å². The number of β-amino-alcohol motifs (C(OH)–C–C–N with tert-alkyl or cyclic N) is 1. The lowest BCUT2D eigenvalue weighted by Crippen LogP contribution is -2.63. The van der Waals surface area contributed by atoms with Crippen LogP contribution in [0.3, 0.4) is 0 Å². The number of thiophene rings is 1. The molecule has 1 aromatic heterocycles. The molecule has 6 unspecified atom stereocenters. The zero-order chi connectivity index (χ0) is 66.8. The lowest BCUT2D eigenvalue weighted by Gasteiger charge is -2.42. The predicted octanol–water partition coefficient (Wildman–Crippen LogP) is -5.02. The van der Waals surface area contributed by atoms with E-state index in [2.05, 4.69) is 41.6 Å². The molecule has 12 atom stereocenters. The molecule has 0 radical (unpaired) electrons. The molecule has 1 aromatic carbocycles. The maximum atomic E-state index is 15.3. The van der Waals surface area contributed by atoms with Crippen LogP contribution in [0.25, 0.3) is 0 Å². The molecule has 32 nitrogen and oxygen atoms in total. The van der Waals surface area contributed by atoms with Crippen molar-refractivity contribution < 1.29 is 63.3 Å². The lowest BCUT2D eigenvalue weighted by molar-refractivity contribution is -0.153. The molecule has 92 heavy (non-hydrogen) atoms. The van der Waals surface area contributed by atoms with Crippen LogP contribution in [0.5, 0.6) is 0 Å². The van der Waals surface area contributed by atoms with Crippen molar-refractivity contribution in [2.45, 2.75) is 176 Å². The number of carbonyl (C=O) groups is 10. The van der Waals surface area contributed by atoms with Crippen molar-refractivity contribution in [1.82, 2.24) is 46.2 Å². The number of fused-ring (bicyclic) bond motifs is 2. The molecule has 1 aliphatic carbocycles. The van der Waals surface area contributed by atoms with Gasteiger partial charge in [-0.3, -0.25) is 58.1 Å². The second-order valence-corrected chi connectivity index (χ2v) is 25.0. The van der Waals surface area contributed by atoms with E-state index in [1.807, 2.05) is 6.07 Å². The van der Waals surface area contributed by atoms with E-state index in [-0.39, 0.29) is 127 Å². The third-order valence-corrected chi connectivity index (χ3v) is 18.3. The quantitative estimate of drug-likeness (QED) is 0.0198. The minimum atomic E-state index is -1.66. The molecular weight excluding hydrogens is 1210 g/mol. The number of aliphatic hydroxyl groups is 2. The number of rotatable bonds is 30. The molecule has 22 N–H and O–H groups in total. The Morgan fingerprint density at radius 1 is 0.620 bits per heavy atom. The first-order valence-electron chi connectivity index (χ1n) is 31.2. The van der Waals surface area contributed by atoms with Crippen LogP contribution in [-0.2, 0) is 67.3 Å². The van der Waals surface area contributed by atoms with E-state index in [0.29, 0.717) is 29.7 Å². The van der Waals surface area contributed by atoms with Crippen LogP contribution in [-0.4, -0.2) is 224 Å². The highest BCUT2D eigenvalue weighted by Gasteiger charge is 2.52. The number of amides is 9. The Morgan fingerprint density at radius 2 is 1.25 bits per heavy atom. The van der Waals surface area contributed by atoms with Gasteiger partial charge < -0.3 is 102 Å². The van der Waals surface area contributed by atoms with Crippen LogP contribution >= 0.6 is 11.3 Å². The van der Waals surface area contributed by atoms with Crippen molar-refractivity contribution in [1.29, 1.82) is 0 Å². The van der Waals surface area contributed by atoms with E-state index in [4.69, 9.17) is 40.1 Å². The van der Waals surface area contributed by atoms with Gasteiger partial charge in [0, 0.05) is 69.4 Å². The number of carboxylic acids is 1. The molecule has 4 fully saturated rings. The number of carboxylic acid groups (broad SMARTS) is 1. The summed E-state index contributed by atoms with van der Waals surface area (Å²) in [6, 6.07) is -1.07. The van der Waals surface area contributed by atoms with Crippen LogP contribution in [0.2, 0.25) is 0 Å². The van der Waals surface area contributed by atoms with E-state index in [9.17, 15) is 58.5 Å². The van der Waals surface area contributed by atoms with Crippen LogP contribution in [0, 0.1) is 5.92 Å². The first-order chi connectivity index (χ1) is 43.9. The van der Waals surface area contributed by atoms with Crippen molar-refractivity contribution in [3.8, 4) is 0 Å². The van der Waals surface area contributed by atoms with Gasteiger partial charge in [-0.25, -0.2) is 4.79 Å². The summed E-state index contributed by atoms with van der Waals surface area (Å²) in [7, 11) is 0. The van der Waals surface area contributed by atoms with Gasteiger partial charge in [0.1, 0.15) is 48.3 Å². The van der Waals surface area contributed by atoms with Crippen molar-refractivity contribution in [2.75, 3.05) is 45.9 Å². The minimum absolute atomic E-state index is 0.00000960. The second-order valence-electron chi connectivity index (χ2n) is 23.9. The number of nitrogens with two attached hydrogens (primary N) is 7. The molecule has 3 saturated heterocycles. The van der Waals surface area contributed by atoms with Crippen LogP contribution in [0.4, 0.5) is 0 Å². The Morgan fingerprint density at radius 3 is 1.89 bits per heavy atom. The number of aliphatic hydroxyl groups excluding tert-OH is 2. The molecule has 0 bridgehead atoms. The highest BCUT2D eigenvalue weighted by Crippen LogP contribution is 2.41. The number of carbonyl (C=O) groups excluding carboxylic acids is 9. The summed E-state index contributed by atoms with van der Waals surface area (Å²) < 4.78 is 0. The first kappa shape index (κ1) is 70.8. The average Bonchev–Trinajstić information content (AvgIpc) is 1.80. The standard InChI is InChI=1S/C59H89N19O13S/c60-37(14-5-19-67-57(61)62)48(82)72-38(15-6-20-68-58(63)64)52(86)75-22-8-18-43(75)54(88)77-30-35(80)26-44(77)50(84)70-28-47(81)71-40(27-36-13-9-23-92-36)49(83)74-41(31-79)53(87)76-29-34-12-2-1-10-32(34)24-46(76)55(89)78-42-17-4-3-11-33(42)25-45(78)51(85)73-39(56(90)91)16-7-21-69-59(65)66/h1-2,9-10,12-13,23,33,35,37-46,79-80H,3-8,11,14-22,24-31,60H2,(H,70,84)(H,71,81)(H,72,82)(H,73,85)(H,74,83)(H,90,91)(H4,61,62,67)(H4,63,64,68)(H4,65,66,69)/t33-,35+,37+,38?,39-,40-,41?,42-,43?,44?,45?,46?/m0/s1. The van der Waals surface area contributed by atoms with E-state index < -0.39 is 139 Å². The summed E-state index contributed by atoms with van der Waals surface area (Å²) in [4.78, 5) is 159. The molecule has 9 amide bonds. The number of hydrogen-bond donors (Lipinski definition) is 15. The van der Waals surface area contributed by atoms with Crippen molar-refractivity contribution in [3.05, 3.63) is 57.8 Å². The molecule has 1 saturated carbocycles.